The maximum Gasteiger partial charge on any atom is 0.326 e. The zero-order valence-corrected chi connectivity index (χ0v) is 44.7. The highest BCUT2D eigenvalue weighted by Crippen LogP contribution is 2.13. The van der Waals surface area contributed by atoms with Crippen molar-refractivity contribution in [1.82, 2.24) is 57.8 Å². The van der Waals surface area contributed by atoms with Gasteiger partial charge < -0.3 is 117 Å². The van der Waals surface area contributed by atoms with Crippen LogP contribution >= 0.6 is 0 Å². The molecule has 0 radical (unpaired) electrons. The molecule has 10 amide bonds. The van der Waals surface area contributed by atoms with Crippen LogP contribution in [0.4, 0.5) is 0 Å². The van der Waals surface area contributed by atoms with Crippen LogP contribution in [0.5, 0.6) is 5.75 Å². The van der Waals surface area contributed by atoms with Crippen LogP contribution in [0.3, 0.4) is 0 Å². The molecular formula is C47H73N17O19. The van der Waals surface area contributed by atoms with Crippen LogP contribution in [0, 0.1) is 0 Å². The number of aliphatic hydroxyl groups excluding tert-OH is 4. The summed E-state index contributed by atoms with van der Waals surface area (Å²) in [6.07, 6.45) is 0.604. The van der Waals surface area contributed by atoms with Crippen molar-refractivity contribution in [3.05, 3.63) is 48.0 Å². The van der Waals surface area contributed by atoms with E-state index in [9.17, 15) is 93.3 Å². The van der Waals surface area contributed by atoms with Gasteiger partial charge in [0.25, 0.3) is 0 Å². The molecule has 1 heterocycles. The third kappa shape index (κ3) is 25.5. The summed E-state index contributed by atoms with van der Waals surface area (Å²) >= 11 is 0. The van der Waals surface area contributed by atoms with E-state index in [1.54, 1.807) is 0 Å². The van der Waals surface area contributed by atoms with Gasteiger partial charge in [-0.05, 0) is 49.9 Å². The number of benzene rings is 1. The lowest BCUT2D eigenvalue weighted by atomic mass is 10.0. The molecule has 0 saturated heterocycles. The molecule has 0 unspecified atom stereocenters. The summed E-state index contributed by atoms with van der Waals surface area (Å²) in [5.74, 6) is -15.8. The van der Waals surface area contributed by atoms with Crippen LogP contribution in [0.2, 0.25) is 0 Å². The Hall–Kier alpha value is -9.10. The van der Waals surface area contributed by atoms with Crippen molar-refractivity contribution < 1.29 is 93.3 Å². The van der Waals surface area contributed by atoms with E-state index in [1.807, 2.05) is 16.0 Å². The summed E-state index contributed by atoms with van der Waals surface area (Å²) < 4.78 is 0. The second-order valence-corrected chi connectivity index (χ2v) is 18.4. The quantitative estimate of drug-likeness (QED) is 0.0168. The predicted octanol–water partition coefficient (Wildman–Crippen LogP) is -10.8. The Morgan fingerprint density at radius 1 is 0.518 bits per heavy atom. The first kappa shape index (κ1) is 70.0. The van der Waals surface area contributed by atoms with Crippen molar-refractivity contribution in [2.24, 2.45) is 33.7 Å². The zero-order chi connectivity index (χ0) is 62.3. The Morgan fingerprint density at radius 3 is 1.37 bits per heavy atom. The minimum Gasteiger partial charge on any atom is -0.508 e. The van der Waals surface area contributed by atoms with Crippen molar-refractivity contribution in [3.8, 4) is 5.75 Å². The highest BCUT2D eigenvalue weighted by atomic mass is 16.4. The summed E-state index contributed by atoms with van der Waals surface area (Å²) in [4.78, 5) is 167. The molecule has 10 atom stereocenters. The van der Waals surface area contributed by atoms with E-state index in [0.29, 0.717) is 24.9 Å². The summed E-state index contributed by atoms with van der Waals surface area (Å²) in [7, 11) is 0. The van der Waals surface area contributed by atoms with Gasteiger partial charge in [0.1, 0.15) is 60.1 Å². The number of phenolic OH excluding ortho intramolecular Hbond substituents is 1. The second-order valence-electron chi connectivity index (χ2n) is 18.4. The molecule has 27 N–H and O–H groups in total. The number of aromatic hydroxyl groups is 1. The lowest BCUT2D eigenvalue weighted by Crippen LogP contribution is -2.62. The first-order valence-electron chi connectivity index (χ1n) is 25.4. The summed E-state index contributed by atoms with van der Waals surface area (Å²) in [5.41, 5.74) is 27.9. The molecule has 0 saturated carbocycles. The Kier molecular flexibility index (Phi) is 30.6. The number of unbranched alkanes of at least 4 members (excludes halogenated alkanes) is 1. The molecule has 0 bridgehead atoms. The molecule has 2 rings (SSSR count). The number of hydrogen-bond acceptors (Lipinski definition) is 21. The standard InChI is InChI=1S/C47H73N17O19/c48-10-2-1-4-25(49)37(73)57-28(14-35(50)70)40(76)62-32(18-66)43(79)58-27(13-23-16-53-21-55-23)39(75)61-34(20-68)45(81)64-33(19-67)44(80)59-29(15-36(71)72)41(77)63-31(17-65)42(78)56-26(5-3-11-54-47(51)52)38(74)60-30(46(82)83)12-22-6-8-24(69)9-7-22/h6-9,16,21,25-34,65-69H,1-5,10-15,17-20,48-49H2,(H2,50,70)(H,53,55)(H,56,78)(H,57,73)(H,58,79)(H,59,80)(H,60,74)(H,61,75)(H,62,76)(H,63,77)(H,64,81)(H,71,72)(H,82,83)(H4,51,52,54)/t25-,26-,27-,28-,29-,30-,31-,32-,33-,34-/m0/s1. The molecule has 0 spiro atoms. The highest BCUT2D eigenvalue weighted by molar-refractivity contribution is 6.00. The molecule has 460 valence electrons. The molecule has 36 heteroatoms. The molecule has 36 nitrogen and oxygen atoms in total. The van der Waals surface area contributed by atoms with E-state index >= 15 is 0 Å². The number of nitrogens with two attached hydrogens (primary N) is 5. The molecule has 2 aromatic rings. The summed E-state index contributed by atoms with van der Waals surface area (Å²) in [6, 6.07) is -12.4. The highest BCUT2D eigenvalue weighted by Gasteiger charge is 2.36. The number of aromatic amines is 1. The fourth-order valence-electron chi connectivity index (χ4n) is 7.33. The van der Waals surface area contributed by atoms with E-state index in [0.717, 1.165) is 0 Å². The number of aromatic nitrogens is 2. The Balaban J connectivity index is 2.26. The van der Waals surface area contributed by atoms with Crippen LogP contribution in [-0.2, 0) is 70.4 Å². The van der Waals surface area contributed by atoms with Crippen LogP contribution in [0.15, 0.2) is 41.8 Å². The number of aliphatic carboxylic acids is 2. The fraction of sp³-hybridized carbons (Fsp3) is 0.532. The van der Waals surface area contributed by atoms with Gasteiger partial charge in [-0.2, -0.15) is 0 Å². The van der Waals surface area contributed by atoms with Crippen LogP contribution in [0.1, 0.15) is 56.2 Å². The van der Waals surface area contributed by atoms with Crippen LogP contribution in [0.25, 0.3) is 0 Å². The molecule has 0 fully saturated rings. The third-order valence-corrected chi connectivity index (χ3v) is 11.8. The van der Waals surface area contributed by atoms with E-state index in [1.165, 1.54) is 36.8 Å². The number of phenols is 1. The van der Waals surface area contributed by atoms with E-state index in [4.69, 9.17) is 28.7 Å². The topological polar surface area (TPSA) is 626 Å². The number of carboxylic acids is 2. The van der Waals surface area contributed by atoms with Gasteiger partial charge in [-0.1, -0.05) is 18.6 Å². The normalized spacial score (nSPS) is 14.5. The number of primary amides is 1. The fourth-order valence-corrected chi connectivity index (χ4v) is 7.33. The zero-order valence-electron chi connectivity index (χ0n) is 44.7. The van der Waals surface area contributed by atoms with Gasteiger partial charge in [-0.25, -0.2) is 9.78 Å². The molecule has 0 aliphatic carbocycles. The number of rotatable bonds is 39. The first-order chi connectivity index (χ1) is 39.3. The molecule has 1 aromatic heterocycles. The number of aliphatic imine (C=N–C) groups is 1. The number of amides is 10. The first-order valence-corrected chi connectivity index (χ1v) is 25.4. The van der Waals surface area contributed by atoms with Crippen molar-refractivity contribution in [3.63, 3.8) is 0 Å². The largest absolute Gasteiger partial charge is 0.508 e. The number of imidazole rings is 1. The van der Waals surface area contributed by atoms with Crippen LogP contribution in [-0.4, -0.2) is 223 Å². The van der Waals surface area contributed by atoms with Crippen molar-refractivity contribution >= 4 is 77.0 Å². The van der Waals surface area contributed by atoms with E-state index in [2.05, 4.69) is 46.9 Å². The minimum absolute atomic E-state index is 0.00336. The monoisotopic (exact) mass is 1180 g/mol. The number of guanidine groups is 1. The van der Waals surface area contributed by atoms with Gasteiger partial charge in [0, 0.05) is 31.3 Å². The number of hydrogen-bond donors (Lipinski definition) is 22. The maximum atomic E-state index is 13.8. The smallest absolute Gasteiger partial charge is 0.326 e. The molecule has 0 aliphatic heterocycles. The summed E-state index contributed by atoms with van der Waals surface area (Å²) in [5, 5.41) is 89.0. The Bertz CT molecular complexity index is 2550. The third-order valence-electron chi connectivity index (χ3n) is 11.8. The SMILES string of the molecule is NCCCC[C@H](N)C(=O)N[C@@H](CC(N)=O)C(=O)N[C@@H](CO)C(=O)N[C@@H](Cc1cnc[nH]1)C(=O)N[C@@H](CO)C(=O)N[C@@H](CO)C(=O)N[C@@H](CC(=O)O)C(=O)N[C@@H](CO)C(=O)N[C@@H](CCCN=C(N)N)C(=O)N[C@@H](Cc1ccc(O)cc1)C(=O)O. The van der Waals surface area contributed by atoms with Crippen molar-refractivity contribution in [1.29, 1.82) is 0 Å². The number of nitrogens with zero attached hydrogens (tertiary/aromatic N) is 2. The number of H-pyrrole nitrogens is 1. The second kappa shape index (κ2) is 36.3. The maximum absolute atomic E-state index is 13.8. The number of nitrogens with one attached hydrogen (secondary N) is 10. The van der Waals surface area contributed by atoms with Crippen LogP contribution < -0.4 is 76.5 Å². The van der Waals surface area contributed by atoms with Gasteiger partial charge in [0.05, 0.1) is 51.6 Å². The lowest BCUT2D eigenvalue weighted by Gasteiger charge is -2.27. The van der Waals surface area contributed by atoms with Crippen molar-refractivity contribution in [2.75, 3.05) is 39.5 Å². The number of aliphatic hydroxyl groups is 4. The molecular weight excluding hydrogens is 1110 g/mol. The predicted molar refractivity (Wildman–Crippen MR) is 284 cm³/mol. The molecule has 1 aromatic carbocycles. The summed E-state index contributed by atoms with van der Waals surface area (Å²) in [6.45, 7) is -4.61. The molecule has 83 heavy (non-hydrogen) atoms. The van der Waals surface area contributed by atoms with Gasteiger partial charge in [0.15, 0.2) is 5.96 Å². The van der Waals surface area contributed by atoms with Gasteiger partial charge >= 0.3 is 11.9 Å². The number of carbonyl (C=O) groups is 12. The number of carboxylic acid groups (broad SMARTS) is 2. The minimum atomic E-state index is -2.14. The average Bonchev–Trinajstić information content (AvgIpc) is 3.99. The lowest BCUT2D eigenvalue weighted by molar-refractivity contribution is -0.142. The van der Waals surface area contributed by atoms with Gasteiger partial charge in [0.2, 0.25) is 59.1 Å². The van der Waals surface area contributed by atoms with E-state index in [-0.39, 0.29) is 49.6 Å². The number of carbonyl (C=O) groups excluding carboxylic acids is 10. The Morgan fingerprint density at radius 2 is 0.940 bits per heavy atom. The Labute approximate surface area is 472 Å². The van der Waals surface area contributed by atoms with Crippen molar-refractivity contribution in [2.45, 2.75) is 118 Å². The van der Waals surface area contributed by atoms with Gasteiger partial charge in [-0.3, -0.25) is 57.7 Å². The van der Waals surface area contributed by atoms with E-state index < -0.39 is 177 Å². The molecule has 0 aliphatic rings. The average molecular weight is 1180 g/mol. The van der Waals surface area contributed by atoms with Gasteiger partial charge in [-0.15, -0.1) is 0 Å².